The molecule has 0 fully saturated rings. The molecule has 0 bridgehead atoms. The van der Waals surface area contributed by atoms with E-state index in [4.69, 9.17) is 25.2 Å². The molecule has 0 amide bonds. The Kier molecular flexibility index (Phi) is 14.3. The van der Waals surface area contributed by atoms with Crippen LogP contribution in [0.1, 0.15) is 33.6 Å². The van der Waals surface area contributed by atoms with E-state index < -0.39 is 24.1 Å². The quantitative estimate of drug-likeness (QED) is 0.389. The Bertz CT molecular complexity index is 339. The summed E-state index contributed by atoms with van der Waals surface area (Å²) in [6, 6.07) is 0. The Labute approximate surface area is 135 Å². The van der Waals surface area contributed by atoms with E-state index in [1.54, 1.807) is 0 Å². The largest absolute Gasteiger partial charge is 0.479 e. The Morgan fingerprint density at radius 2 is 1.39 bits per heavy atom. The molecular weight excluding hydrogens is 310 g/mol. The number of carbonyl (C=O) groups excluding carboxylic acids is 1. The number of nitrogens with zero attached hydrogens (tertiary/aromatic N) is 1. The van der Waals surface area contributed by atoms with E-state index >= 15 is 0 Å². The minimum absolute atomic E-state index is 0.0744. The lowest BCUT2D eigenvalue weighted by molar-refractivity contribution is -0.165. The number of aliphatic carboxylic acids is 2. The van der Waals surface area contributed by atoms with Gasteiger partial charge in [0.15, 0.2) is 12.2 Å². The van der Waals surface area contributed by atoms with Crippen molar-refractivity contribution < 1.29 is 39.5 Å². The predicted octanol–water partition coefficient (Wildman–Crippen LogP) is -0.451. The number of esters is 1. The van der Waals surface area contributed by atoms with E-state index in [2.05, 4.69) is 18.7 Å². The van der Waals surface area contributed by atoms with Gasteiger partial charge >= 0.3 is 17.9 Å². The highest BCUT2D eigenvalue weighted by molar-refractivity contribution is 5.83. The van der Waals surface area contributed by atoms with Gasteiger partial charge in [0.1, 0.15) is 6.61 Å². The summed E-state index contributed by atoms with van der Waals surface area (Å²) >= 11 is 0. The molecule has 0 saturated carbocycles. The van der Waals surface area contributed by atoms with Crippen LogP contribution < -0.4 is 0 Å². The fourth-order valence-electron chi connectivity index (χ4n) is 1.37. The monoisotopic (exact) mass is 337 g/mol. The molecule has 23 heavy (non-hydrogen) atoms. The number of aliphatic hydroxyl groups excluding tert-OH is 2. The molecule has 0 aliphatic carbocycles. The van der Waals surface area contributed by atoms with Gasteiger partial charge in [0.25, 0.3) is 0 Å². The highest BCUT2D eigenvalue weighted by atomic mass is 16.5. The number of carbonyl (C=O) groups is 3. The molecular formula is C14H27NO8. The summed E-state index contributed by atoms with van der Waals surface area (Å²) < 4.78 is 5.04. The molecule has 0 aromatic carbocycles. The summed E-state index contributed by atoms with van der Waals surface area (Å²) in [7, 11) is 0. The zero-order valence-corrected chi connectivity index (χ0v) is 13.8. The first-order chi connectivity index (χ1) is 10.7. The van der Waals surface area contributed by atoms with Gasteiger partial charge in [0.2, 0.25) is 0 Å². The second kappa shape index (κ2) is 13.9. The third kappa shape index (κ3) is 12.5. The lowest BCUT2D eigenvalue weighted by Crippen LogP contribution is -2.39. The second-order valence-electron chi connectivity index (χ2n) is 4.56. The Hall–Kier alpha value is -1.71. The highest BCUT2D eigenvalue weighted by Gasteiger charge is 2.29. The Morgan fingerprint density at radius 3 is 1.70 bits per heavy atom. The van der Waals surface area contributed by atoms with Crippen LogP contribution >= 0.6 is 0 Å². The van der Waals surface area contributed by atoms with Crippen LogP contribution in [0, 0.1) is 0 Å². The summed E-state index contributed by atoms with van der Waals surface area (Å²) in [4.78, 5) is 32.7. The van der Waals surface area contributed by atoms with E-state index in [0.717, 1.165) is 26.1 Å². The molecule has 0 saturated heterocycles. The number of hydrogen-bond donors (Lipinski definition) is 4. The Morgan fingerprint density at radius 1 is 0.957 bits per heavy atom. The highest BCUT2D eigenvalue weighted by Crippen LogP contribution is 1.93. The summed E-state index contributed by atoms with van der Waals surface area (Å²) in [6.07, 6.45) is -3.13. The zero-order chi connectivity index (χ0) is 18.4. The zero-order valence-electron chi connectivity index (χ0n) is 13.8. The molecule has 0 rings (SSSR count). The van der Waals surface area contributed by atoms with Crippen LogP contribution in [-0.4, -0.2) is 81.7 Å². The topological polar surface area (TPSA) is 145 Å². The van der Waals surface area contributed by atoms with Crippen molar-refractivity contribution in [2.24, 2.45) is 0 Å². The smallest absolute Gasteiger partial charge is 0.335 e. The van der Waals surface area contributed by atoms with E-state index in [-0.39, 0.29) is 5.97 Å². The van der Waals surface area contributed by atoms with Crippen LogP contribution in [0.5, 0.6) is 0 Å². The van der Waals surface area contributed by atoms with E-state index in [9.17, 15) is 14.4 Å². The van der Waals surface area contributed by atoms with Crippen LogP contribution in [-0.2, 0) is 19.1 Å². The van der Waals surface area contributed by atoms with Crippen molar-refractivity contribution in [3.8, 4) is 0 Å². The fourth-order valence-corrected chi connectivity index (χ4v) is 1.37. The predicted molar refractivity (Wildman–Crippen MR) is 80.9 cm³/mol. The second-order valence-corrected chi connectivity index (χ2v) is 4.56. The van der Waals surface area contributed by atoms with Crippen molar-refractivity contribution in [2.45, 2.75) is 45.8 Å². The maximum absolute atomic E-state index is 11.0. The van der Waals surface area contributed by atoms with Gasteiger partial charge in [-0.25, -0.2) is 9.59 Å². The van der Waals surface area contributed by atoms with Crippen molar-refractivity contribution in [2.75, 3.05) is 26.2 Å². The molecule has 0 radical (unpaired) electrons. The number of hydrogen-bond acceptors (Lipinski definition) is 7. The summed E-state index contributed by atoms with van der Waals surface area (Å²) in [6.45, 7) is 9.60. The van der Waals surface area contributed by atoms with E-state index in [1.807, 2.05) is 6.92 Å². The molecule has 2 atom stereocenters. The first-order valence-electron chi connectivity index (χ1n) is 7.40. The molecule has 0 aromatic heterocycles. The SMILES string of the molecule is CCCC(=O)OCCN(CC)CC.O=C(O)C(O)C(O)C(=O)O. The molecule has 2 unspecified atom stereocenters. The van der Waals surface area contributed by atoms with Gasteiger partial charge in [0, 0.05) is 13.0 Å². The number of carboxylic acid groups (broad SMARTS) is 2. The molecule has 0 aliphatic rings. The standard InChI is InChI=1S/C10H21NO2.C4H6O6/c1-4-7-10(12)13-9-8-11(5-2)6-3;5-1(3(7)8)2(6)4(9)10/h4-9H2,1-3H3;1-2,5-6H,(H,7,8)(H,9,10). The summed E-state index contributed by atoms with van der Waals surface area (Å²) in [5.41, 5.74) is 0. The first kappa shape index (κ1) is 23.6. The van der Waals surface area contributed by atoms with Crippen LogP contribution in [0.4, 0.5) is 0 Å². The van der Waals surface area contributed by atoms with Crippen LogP contribution in [0.15, 0.2) is 0 Å². The van der Waals surface area contributed by atoms with Crippen molar-refractivity contribution in [1.29, 1.82) is 0 Å². The number of carboxylic acids is 2. The molecule has 0 spiro atoms. The molecule has 4 N–H and O–H groups in total. The third-order valence-corrected chi connectivity index (χ3v) is 2.82. The van der Waals surface area contributed by atoms with Crippen LogP contribution in [0.25, 0.3) is 0 Å². The van der Waals surface area contributed by atoms with Crippen molar-refractivity contribution in [3.63, 3.8) is 0 Å². The van der Waals surface area contributed by atoms with Crippen LogP contribution in [0.3, 0.4) is 0 Å². The minimum Gasteiger partial charge on any atom is -0.479 e. The van der Waals surface area contributed by atoms with Crippen molar-refractivity contribution in [1.82, 2.24) is 4.90 Å². The lowest BCUT2D eigenvalue weighted by atomic mass is 10.2. The number of rotatable bonds is 10. The Balaban J connectivity index is 0. The third-order valence-electron chi connectivity index (χ3n) is 2.82. The molecule has 9 heteroatoms. The molecule has 9 nitrogen and oxygen atoms in total. The molecule has 0 heterocycles. The molecule has 0 aliphatic heterocycles. The van der Waals surface area contributed by atoms with Crippen LogP contribution in [0.2, 0.25) is 0 Å². The van der Waals surface area contributed by atoms with Gasteiger partial charge < -0.3 is 30.1 Å². The van der Waals surface area contributed by atoms with Gasteiger partial charge in [-0.2, -0.15) is 0 Å². The molecule has 0 aromatic rings. The summed E-state index contributed by atoms with van der Waals surface area (Å²) in [5.74, 6) is -3.61. The van der Waals surface area contributed by atoms with Crippen molar-refractivity contribution in [3.05, 3.63) is 0 Å². The normalized spacial score (nSPS) is 12.8. The first-order valence-corrected chi connectivity index (χ1v) is 7.40. The molecule has 136 valence electrons. The van der Waals surface area contributed by atoms with Gasteiger partial charge in [-0.05, 0) is 19.5 Å². The minimum atomic E-state index is -2.27. The van der Waals surface area contributed by atoms with Crippen molar-refractivity contribution >= 4 is 17.9 Å². The maximum Gasteiger partial charge on any atom is 0.335 e. The average Bonchev–Trinajstić information content (AvgIpc) is 2.50. The maximum atomic E-state index is 11.0. The summed E-state index contributed by atoms with van der Waals surface area (Å²) in [5, 5.41) is 32.5. The fraction of sp³-hybridized carbons (Fsp3) is 0.786. The average molecular weight is 337 g/mol. The number of likely N-dealkylation sites (N-methyl/N-ethyl adjacent to an activating group) is 1. The van der Waals surface area contributed by atoms with Gasteiger partial charge in [0.05, 0.1) is 0 Å². The van der Waals surface area contributed by atoms with E-state index in [1.165, 1.54) is 0 Å². The number of ether oxygens (including phenoxy) is 1. The van der Waals surface area contributed by atoms with Gasteiger partial charge in [-0.1, -0.05) is 20.8 Å². The van der Waals surface area contributed by atoms with Gasteiger partial charge in [-0.15, -0.1) is 0 Å². The lowest BCUT2D eigenvalue weighted by Gasteiger charge is -2.17. The number of aliphatic hydroxyl groups is 2. The van der Waals surface area contributed by atoms with Gasteiger partial charge in [-0.3, -0.25) is 4.79 Å². The van der Waals surface area contributed by atoms with E-state index in [0.29, 0.717) is 13.0 Å².